The van der Waals surface area contributed by atoms with Crippen LogP contribution in [-0.2, 0) is 0 Å². The van der Waals surface area contributed by atoms with E-state index in [0.717, 1.165) is 42.7 Å². The van der Waals surface area contributed by atoms with Gasteiger partial charge in [0.2, 0.25) is 0 Å². The van der Waals surface area contributed by atoms with Crippen LogP contribution in [0.3, 0.4) is 0 Å². The molecule has 4 nitrogen and oxygen atoms in total. The lowest BCUT2D eigenvalue weighted by molar-refractivity contribution is 0.0688. The van der Waals surface area contributed by atoms with Crippen molar-refractivity contribution >= 4 is 5.97 Å². The predicted octanol–water partition coefficient (Wildman–Crippen LogP) is 3.21. The number of aromatic nitrogens is 2. The zero-order valence-corrected chi connectivity index (χ0v) is 11.0. The van der Waals surface area contributed by atoms with Gasteiger partial charge in [-0.25, -0.2) is 18.3 Å². The standard InChI is InChI=1S/C15H12F2N2O2/c16-9-3-4-11(10(17)6-9)19-14-8-2-1-7(5-8)12(14)13(18-19)15(20)21/h3-4,6-8H,1-2,5H2,(H,20,21)/t7-,8+/m0/s1. The van der Waals surface area contributed by atoms with Gasteiger partial charge in [0.15, 0.2) is 11.5 Å². The van der Waals surface area contributed by atoms with Crippen molar-refractivity contribution in [3.8, 4) is 5.69 Å². The minimum atomic E-state index is -1.10. The Morgan fingerprint density at radius 2 is 2.05 bits per heavy atom. The minimum absolute atomic E-state index is 0.000856. The van der Waals surface area contributed by atoms with Crippen molar-refractivity contribution in [1.82, 2.24) is 9.78 Å². The van der Waals surface area contributed by atoms with E-state index >= 15 is 0 Å². The van der Waals surface area contributed by atoms with Crippen LogP contribution >= 0.6 is 0 Å². The largest absolute Gasteiger partial charge is 0.476 e. The molecule has 1 saturated carbocycles. The Morgan fingerprint density at radius 1 is 1.29 bits per heavy atom. The van der Waals surface area contributed by atoms with Crippen LogP contribution in [0, 0.1) is 11.6 Å². The molecule has 4 rings (SSSR count). The number of nitrogens with zero attached hydrogens (tertiary/aromatic N) is 2. The van der Waals surface area contributed by atoms with E-state index in [1.165, 1.54) is 10.7 Å². The van der Waals surface area contributed by atoms with E-state index in [1.807, 2.05) is 0 Å². The van der Waals surface area contributed by atoms with Gasteiger partial charge in [0.05, 0.1) is 5.69 Å². The van der Waals surface area contributed by atoms with E-state index in [9.17, 15) is 18.7 Å². The van der Waals surface area contributed by atoms with Crippen molar-refractivity contribution < 1.29 is 18.7 Å². The molecule has 21 heavy (non-hydrogen) atoms. The average molecular weight is 290 g/mol. The highest BCUT2D eigenvalue weighted by atomic mass is 19.1. The monoisotopic (exact) mass is 290 g/mol. The minimum Gasteiger partial charge on any atom is -0.476 e. The molecule has 0 amide bonds. The number of hydrogen-bond donors (Lipinski definition) is 1. The molecule has 0 aliphatic heterocycles. The molecule has 0 saturated heterocycles. The Balaban J connectivity index is 1.97. The molecule has 1 aromatic carbocycles. The third kappa shape index (κ3) is 1.65. The fourth-order valence-corrected chi connectivity index (χ4v) is 3.73. The molecular weight excluding hydrogens is 278 g/mol. The molecule has 0 spiro atoms. The number of fused-ring (bicyclic) bond motifs is 5. The van der Waals surface area contributed by atoms with Crippen molar-refractivity contribution in [1.29, 1.82) is 0 Å². The number of carbonyl (C=O) groups is 1. The summed E-state index contributed by atoms with van der Waals surface area (Å²) in [6.07, 6.45) is 2.82. The molecule has 1 heterocycles. The normalized spacial score (nSPS) is 22.6. The summed E-state index contributed by atoms with van der Waals surface area (Å²) < 4.78 is 28.4. The highest BCUT2D eigenvalue weighted by Gasteiger charge is 2.44. The maximum atomic E-state index is 14.0. The zero-order valence-electron chi connectivity index (χ0n) is 11.0. The quantitative estimate of drug-likeness (QED) is 0.924. The highest BCUT2D eigenvalue weighted by Crippen LogP contribution is 2.54. The summed E-state index contributed by atoms with van der Waals surface area (Å²) in [7, 11) is 0. The van der Waals surface area contributed by atoms with Gasteiger partial charge in [-0.3, -0.25) is 0 Å². The number of rotatable bonds is 2. The van der Waals surface area contributed by atoms with Crippen LogP contribution in [0.2, 0.25) is 0 Å². The van der Waals surface area contributed by atoms with Gasteiger partial charge in [0, 0.05) is 17.5 Å². The Bertz CT molecular complexity index is 769. The number of benzene rings is 1. The molecule has 6 heteroatoms. The maximum Gasteiger partial charge on any atom is 0.356 e. The first kappa shape index (κ1) is 12.5. The smallest absolute Gasteiger partial charge is 0.356 e. The van der Waals surface area contributed by atoms with Gasteiger partial charge in [0.25, 0.3) is 0 Å². The van der Waals surface area contributed by atoms with Crippen molar-refractivity contribution in [3.63, 3.8) is 0 Å². The summed E-state index contributed by atoms with van der Waals surface area (Å²) >= 11 is 0. The molecule has 1 fully saturated rings. The van der Waals surface area contributed by atoms with E-state index < -0.39 is 17.6 Å². The van der Waals surface area contributed by atoms with Crippen molar-refractivity contribution in [3.05, 3.63) is 46.8 Å². The summed E-state index contributed by atoms with van der Waals surface area (Å²) in [6.45, 7) is 0. The molecule has 0 unspecified atom stereocenters. The van der Waals surface area contributed by atoms with Gasteiger partial charge in [-0.05, 0) is 37.3 Å². The molecule has 2 aliphatic rings. The number of halogens is 2. The van der Waals surface area contributed by atoms with E-state index in [-0.39, 0.29) is 23.2 Å². The SMILES string of the molecule is O=C(O)c1nn(-c2ccc(F)cc2F)c2c1[C@H]1CC[C@@H]2C1. The van der Waals surface area contributed by atoms with Gasteiger partial charge in [-0.2, -0.15) is 5.10 Å². The summed E-state index contributed by atoms with van der Waals surface area (Å²) in [5.74, 6) is -2.08. The van der Waals surface area contributed by atoms with E-state index in [4.69, 9.17) is 0 Å². The number of hydrogen-bond acceptors (Lipinski definition) is 2. The Morgan fingerprint density at radius 3 is 2.76 bits per heavy atom. The van der Waals surface area contributed by atoms with Crippen LogP contribution in [-0.4, -0.2) is 20.9 Å². The van der Waals surface area contributed by atoms with Crippen LogP contribution < -0.4 is 0 Å². The first-order chi connectivity index (χ1) is 10.1. The summed E-state index contributed by atoms with van der Waals surface area (Å²) in [4.78, 5) is 11.4. The molecule has 2 atom stereocenters. The number of carboxylic acids is 1. The van der Waals surface area contributed by atoms with Crippen LogP contribution in [0.5, 0.6) is 0 Å². The van der Waals surface area contributed by atoms with E-state index in [2.05, 4.69) is 5.10 Å². The number of aromatic carboxylic acids is 1. The molecular formula is C15H12F2N2O2. The molecule has 0 radical (unpaired) electrons. The fourth-order valence-electron chi connectivity index (χ4n) is 3.73. The Labute approximate surface area is 119 Å². The maximum absolute atomic E-state index is 14.0. The lowest BCUT2D eigenvalue weighted by Gasteiger charge is -2.14. The fraction of sp³-hybridized carbons (Fsp3) is 0.333. The summed E-state index contributed by atoms with van der Waals surface area (Å²) in [5.41, 5.74) is 1.63. The molecule has 1 aromatic heterocycles. The first-order valence-electron chi connectivity index (χ1n) is 6.87. The first-order valence-corrected chi connectivity index (χ1v) is 6.87. The topological polar surface area (TPSA) is 55.1 Å². The molecule has 2 aromatic rings. The van der Waals surface area contributed by atoms with Crippen LogP contribution in [0.1, 0.15) is 52.8 Å². The molecule has 2 aliphatic carbocycles. The van der Waals surface area contributed by atoms with Crippen LogP contribution in [0.25, 0.3) is 5.69 Å². The molecule has 1 N–H and O–H groups in total. The van der Waals surface area contributed by atoms with Gasteiger partial charge in [-0.1, -0.05) is 0 Å². The second-order valence-corrected chi connectivity index (χ2v) is 5.67. The van der Waals surface area contributed by atoms with Crippen LogP contribution in [0.15, 0.2) is 18.2 Å². The van der Waals surface area contributed by atoms with Crippen molar-refractivity contribution in [2.45, 2.75) is 31.1 Å². The van der Waals surface area contributed by atoms with Gasteiger partial charge in [-0.15, -0.1) is 0 Å². The van der Waals surface area contributed by atoms with Crippen molar-refractivity contribution in [2.75, 3.05) is 0 Å². The lowest BCUT2D eigenvalue weighted by Crippen LogP contribution is -2.08. The highest BCUT2D eigenvalue weighted by molar-refractivity contribution is 5.88. The third-order valence-corrected chi connectivity index (χ3v) is 4.53. The van der Waals surface area contributed by atoms with Crippen molar-refractivity contribution in [2.24, 2.45) is 0 Å². The van der Waals surface area contributed by atoms with E-state index in [0.29, 0.717) is 0 Å². The summed E-state index contributed by atoms with van der Waals surface area (Å²) in [5, 5.41) is 13.4. The van der Waals surface area contributed by atoms with Gasteiger partial charge in [0.1, 0.15) is 11.5 Å². The Hall–Kier alpha value is -2.24. The zero-order chi connectivity index (χ0) is 14.7. The second kappa shape index (κ2) is 4.13. The van der Waals surface area contributed by atoms with E-state index in [1.54, 1.807) is 0 Å². The van der Waals surface area contributed by atoms with Crippen LogP contribution in [0.4, 0.5) is 8.78 Å². The number of carboxylic acid groups (broad SMARTS) is 1. The van der Waals surface area contributed by atoms with Gasteiger partial charge < -0.3 is 5.11 Å². The summed E-state index contributed by atoms with van der Waals surface area (Å²) in [6, 6.07) is 3.24. The van der Waals surface area contributed by atoms with Gasteiger partial charge >= 0.3 is 5.97 Å². The molecule has 108 valence electrons. The third-order valence-electron chi connectivity index (χ3n) is 4.53. The Kier molecular flexibility index (Phi) is 2.46. The second-order valence-electron chi connectivity index (χ2n) is 5.67. The molecule has 2 bridgehead atoms. The predicted molar refractivity (Wildman–Crippen MR) is 69.8 cm³/mol. The average Bonchev–Trinajstić information content (AvgIpc) is 3.09. The lowest BCUT2D eigenvalue weighted by atomic mass is 9.95.